The molecule has 2 N–H and O–H groups in total. The van der Waals surface area contributed by atoms with E-state index in [2.05, 4.69) is 56.8 Å². The van der Waals surface area contributed by atoms with Crippen molar-refractivity contribution >= 4 is 17.3 Å². The van der Waals surface area contributed by atoms with Gasteiger partial charge in [0, 0.05) is 38.1 Å². The third-order valence-corrected chi connectivity index (χ3v) is 6.90. The minimum Gasteiger partial charge on any atom is -0.356 e. The summed E-state index contributed by atoms with van der Waals surface area (Å²) in [5.74, 6) is 2.42. The van der Waals surface area contributed by atoms with E-state index in [1.165, 1.54) is 63.3 Å². The standard InChI is InChI=1S/C22H39N5S/c1-18(2)16-26-10-6-8-19(17-26)14-24-22(23-3)25-15-20(21-9-7-13-28-21)27-11-4-5-12-27/h7,9,13,18-20H,4-6,8,10-12,14-17H2,1-3H3,(H2,23,24,25). The lowest BCUT2D eigenvalue weighted by atomic mass is 9.97. The Balaban J connectivity index is 1.47. The van der Waals surface area contributed by atoms with Gasteiger partial charge in [-0.1, -0.05) is 19.9 Å². The van der Waals surface area contributed by atoms with Crippen molar-refractivity contribution in [1.29, 1.82) is 0 Å². The molecule has 0 aliphatic carbocycles. The third-order valence-electron chi connectivity index (χ3n) is 5.92. The Hall–Kier alpha value is -1.11. The molecule has 6 heteroatoms. The molecule has 2 fully saturated rings. The van der Waals surface area contributed by atoms with Crippen molar-refractivity contribution in [3.8, 4) is 0 Å². The van der Waals surface area contributed by atoms with Gasteiger partial charge in [-0.3, -0.25) is 9.89 Å². The van der Waals surface area contributed by atoms with Gasteiger partial charge in [0.15, 0.2) is 5.96 Å². The number of guanidine groups is 1. The molecule has 3 rings (SSSR count). The van der Waals surface area contributed by atoms with Crippen LogP contribution in [0.5, 0.6) is 0 Å². The summed E-state index contributed by atoms with van der Waals surface area (Å²) in [6, 6.07) is 4.90. The fraction of sp³-hybridized carbons (Fsp3) is 0.773. The van der Waals surface area contributed by atoms with Crippen molar-refractivity contribution in [1.82, 2.24) is 20.4 Å². The molecule has 0 amide bonds. The first-order valence-corrected chi connectivity index (χ1v) is 12.0. The van der Waals surface area contributed by atoms with Gasteiger partial charge in [-0.15, -0.1) is 11.3 Å². The first-order valence-electron chi connectivity index (χ1n) is 11.1. The molecule has 2 saturated heterocycles. The molecule has 0 radical (unpaired) electrons. The Morgan fingerprint density at radius 2 is 2.04 bits per heavy atom. The molecule has 0 spiro atoms. The molecule has 2 atom stereocenters. The Morgan fingerprint density at radius 3 is 2.71 bits per heavy atom. The lowest BCUT2D eigenvalue weighted by Gasteiger charge is -2.34. The van der Waals surface area contributed by atoms with Crippen molar-refractivity contribution in [3.05, 3.63) is 22.4 Å². The summed E-state index contributed by atoms with van der Waals surface area (Å²) in [4.78, 5) is 11.2. The van der Waals surface area contributed by atoms with Gasteiger partial charge in [-0.25, -0.2) is 0 Å². The van der Waals surface area contributed by atoms with Gasteiger partial charge in [0.2, 0.25) is 0 Å². The molecule has 1 aromatic heterocycles. The normalized spacial score (nSPS) is 23.3. The number of nitrogens with zero attached hydrogens (tertiary/aromatic N) is 3. The maximum Gasteiger partial charge on any atom is 0.191 e. The van der Waals surface area contributed by atoms with Crippen molar-refractivity contribution in [3.63, 3.8) is 0 Å². The van der Waals surface area contributed by atoms with Crippen LogP contribution in [0.4, 0.5) is 0 Å². The largest absolute Gasteiger partial charge is 0.356 e. The summed E-state index contributed by atoms with van der Waals surface area (Å²) in [5, 5.41) is 9.40. The zero-order valence-electron chi connectivity index (χ0n) is 18.0. The fourth-order valence-electron chi connectivity index (χ4n) is 4.60. The topological polar surface area (TPSA) is 42.9 Å². The van der Waals surface area contributed by atoms with Gasteiger partial charge in [0.05, 0.1) is 6.04 Å². The lowest BCUT2D eigenvalue weighted by Crippen LogP contribution is -2.46. The average Bonchev–Trinajstić information content (AvgIpc) is 3.39. The van der Waals surface area contributed by atoms with Crippen LogP contribution in [0.25, 0.3) is 0 Å². The van der Waals surface area contributed by atoms with E-state index >= 15 is 0 Å². The van der Waals surface area contributed by atoms with E-state index in [0.717, 1.165) is 30.9 Å². The summed E-state index contributed by atoms with van der Waals surface area (Å²) >= 11 is 1.87. The molecule has 158 valence electrons. The molecule has 2 aliphatic rings. The van der Waals surface area contributed by atoms with E-state index in [4.69, 9.17) is 0 Å². The number of piperidine rings is 1. The SMILES string of the molecule is CN=C(NCC1CCCN(CC(C)C)C1)NCC(c1cccs1)N1CCCC1. The molecule has 2 aliphatic heterocycles. The Kier molecular flexibility index (Phi) is 8.62. The van der Waals surface area contributed by atoms with Gasteiger partial charge in [0.1, 0.15) is 0 Å². The number of thiophene rings is 1. The summed E-state index contributed by atoms with van der Waals surface area (Å²) in [5.41, 5.74) is 0. The number of hydrogen-bond donors (Lipinski definition) is 2. The number of aliphatic imine (C=N–C) groups is 1. The molecule has 2 unspecified atom stereocenters. The van der Waals surface area contributed by atoms with Gasteiger partial charge < -0.3 is 15.5 Å². The summed E-state index contributed by atoms with van der Waals surface area (Å²) in [7, 11) is 1.89. The van der Waals surface area contributed by atoms with Crippen molar-refractivity contribution in [2.75, 3.05) is 52.9 Å². The predicted molar refractivity (Wildman–Crippen MR) is 121 cm³/mol. The Morgan fingerprint density at radius 1 is 1.21 bits per heavy atom. The molecule has 0 aromatic carbocycles. The van der Waals surface area contributed by atoms with E-state index in [1.807, 2.05) is 18.4 Å². The summed E-state index contributed by atoms with van der Waals surface area (Å²) in [6.45, 7) is 12.7. The van der Waals surface area contributed by atoms with Gasteiger partial charge in [0.25, 0.3) is 0 Å². The highest BCUT2D eigenvalue weighted by Crippen LogP contribution is 2.27. The Labute approximate surface area is 175 Å². The van der Waals surface area contributed by atoms with E-state index in [-0.39, 0.29) is 0 Å². The predicted octanol–water partition coefficient (Wildman–Crippen LogP) is 3.42. The molecule has 28 heavy (non-hydrogen) atoms. The fourth-order valence-corrected chi connectivity index (χ4v) is 5.46. The highest BCUT2D eigenvalue weighted by Gasteiger charge is 2.25. The molecular formula is C22H39N5S. The van der Waals surface area contributed by atoms with Gasteiger partial charge >= 0.3 is 0 Å². The molecule has 3 heterocycles. The molecule has 0 bridgehead atoms. The van der Waals surface area contributed by atoms with Crippen LogP contribution in [-0.4, -0.2) is 68.6 Å². The lowest BCUT2D eigenvalue weighted by molar-refractivity contribution is 0.159. The number of rotatable bonds is 8. The molecular weight excluding hydrogens is 366 g/mol. The van der Waals surface area contributed by atoms with Crippen LogP contribution in [0.1, 0.15) is 50.4 Å². The average molecular weight is 406 g/mol. The second-order valence-corrected chi connectivity index (χ2v) is 9.75. The van der Waals surface area contributed by atoms with Crippen LogP contribution in [0.15, 0.2) is 22.5 Å². The smallest absolute Gasteiger partial charge is 0.191 e. The monoisotopic (exact) mass is 405 g/mol. The van der Waals surface area contributed by atoms with Gasteiger partial charge in [-0.05, 0) is 68.6 Å². The van der Waals surface area contributed by atoms with Crippen molar-refractivity contribution in [2.24, 2.45) is 16.8 Å². The van der Waals surface area contributed by atoms with Crippen LogP contribution in [0.2, 0.25) is 0 Å². The van der Waals surface area contributed by atoms with Crippen LogP contribution >= 0.6 is 11.3 Å². The van der Waals surface area contributed by atoms with E-state index in [0.29, 0.717) is 6.04 Å². The highest BCUT2D eigenvalue weighted by atomic mass is 32.1. The Bertz CT molecular complexity index is 580. The second kappa shape index (κ2) is 11.2. The summed E-state index contributed by atoms with van der Waals surface area (Å²) < 4.78 is 0. The number of likely N-dealkylation sites (tertiary alicyclic amines) is 2. The maximum atomic E-state index is 4.49. The third kappa shape index (κ3) is 6.46. The van der Waals surface area contributed by atoms with Crippen molar-refractivity contribution < 1.29 is 0 Å². The van der Waals surface area contributed by atoms with Gasteiger partial charge in [-0.2, -0.15) is 0 Å². The molecule has 1 aromatic rings. The minimum atomic E-state index is 0.456. The zero-order chi connectivity index (χ0) is 19.8. The van der Waals surface area contributed by atoms with Crippen LogP contribution in [0.3, 0.4) is 0 Å². The van der Waals surface area contributed by atoms with E-state index in [9.17, 15) is 0 Å². The molecule has 0 saturated carbocycles. The first kappa shape index (κ1) is 21.6. The van der Waals surface area contributed by atoms with E-state index in [1.54, 1.807) is 0 Å². The maximum absolute atomic E-state index is 4.49. The van der Waals surface area contributed by atoms with Crippen LogP contribution < -0.4 is 10.6 Å². The molecule has 5 nitrogen and oxygen atoms in total. The van der Waals surface area contributed by atoms with Crippen LogP contribution in [0, 0.1) is 11.8 Å². The summed E-state index contributed by atoms with van der Waals surface area (Å²) in [6.07, 6.45) is 5.29. The number of hydrogen-bond acceptors (Lipinski definition) is 4. The zero-order valence-corrected chi connectivity index (χ0v) is 18.8. The minimum absolute atomic E-state index is 0.456. The van der Waals surface area contributed by atoms with Crippen LogP contribution in [-0.2, 0) is 0 Å². The highest BCUT2D eigenvalue weighted by molar-refractivity contribution is 7.10. The second-order valence-electron chi connectivity index (χ2n) is 8.77. The number of nitrogens with one attached hydrogen (secondary N) is 2. The quantitative estimate of drug-likeness (QED) is 0.514. The van der Waals surface area contributed by atoms with Crippen molar-refractivity contribution in [2.45, 2.75) is 45.6 Å². The first-order chi connectivity index (χ1) is 13.7. The van der Waals surface area contributed by atoms with E-state index < -0.39 is 0 Å².